The van der Waals surface area contributed by atoms with Crippen LogP contribution in [0, 0.1) is 0 Å². The molecule has 2 N–H and O–H groups in total. The molecule has 0 radical (unpaired) electrons. The molecule has 2 aliphatic heterocycles. The number of hydrogen-bond donors (Lipinski definition) is 2. The van der Waals surface area contributed by atoms with E-state index in [1.165, 1.54) is 33.4 Å². The second-order valence-corrected chi connectivity index (χ2v) is 12.8. The fraction of sp³-hybridized carbons (Fsp3) is 0.350. The van der Waals surface area contributed by atoms with Gasteiger partial charge in [0.2, 0.25) is 0 Å². The summed E-state index contributed by atoms with van der Waals surface area (Å²) >= 11 is 0. The topological polar surface area (TPSA) is 64.7 Å². The molecule has 4 aromatic rings. The predicted molar refractivity (Wildman–Crippen MR) is 185 cm³/mol. The number of unbranched alkanes of at least 4 members (excludes halogenated alkanes) is 3. The predicted octanol–water partition coefficient (Wildman–Crippen LogP) is 6.52. The Kier molecular flexibility index (Phi) is 10.9. The first-order valence-electron chi connectivity index (χ1n) is 16.9. The van der Waals surface area contributed by atoms with E-state index in [1.807, 2.05) is 24.3 Å². The Balaban J connectivity index is 0.816. The highest BCUT2D eigenvalue weighted by atomic mass is 16.2. The van der Waals surface area contributed by atoms with Crippen molar-refractivity contribution in [3.63, 3.8) is 0 Å². The summed E-state index contributed by atoms with van der Waals surface area (Å²) in [5, 5.41) is 6.11. The van der Waals surface area contributed by atoms with Crippen molar-refractivity contribution < 1.29 is 9.59 Å². The van der Waals surface area contributed by atoms with Crippen LogP contribution in [0.3, 0.4) is 0 Å². The van der Waals surface area contributed by atoms with Gasteiger partial charge in [-0.05, 0) is 83.3 Å². The number of nitrogens with zero attached hydrogens (tertiary/aromatic N) is 2. The molecule has 238 valence electrons. The highest BCUT2D eigenvalue weighted by Crippen LogP contribution is 2.22. The molecule has 6 nitrogen and oxygen atoms in total. The summed E-state index contributed by atoms with van der Waals surface area (Å²) < 4.78 is 0. The van der Waals surface area contributed by atoms with Gasteiger partial charge in [-0.2, -0.15) is 0 Å². The number of nitrogens with one attached hydrogen (secondary N) is 2. The third-order valence-electron chi connectivity index (χ3n) is 9.34. The lowest BCUT2D eigenvalue weighted by Gasteiger charge is -2.28. The van der Waals surface area contributed by atoms with Crippen LogP contribution in [0.25, 0.3) is 0 Å². The standard InChI is InChI=1S/C40H46N4O2/c45-39(35-17-13-31(14-18-35)27-43-25-21-33-9-3-5-11-37(33)29-43)41-23-7-1-2-8-24-42-40(46)36-19-15-32(16-20-36)28-44-26-22-34-10-4-6-12-38(34)30-44/h3-6,9-20H,1-2,7-8,21-30H2,(H,41,45)(H,42,46). The lowest BCUT2D eigenvalue weighted by molar-refractivity contribution is 0.0943. The quantitative estimate of drug-likeness (QED) is 0.168. The van der Waals surface area contributed by atoms with Crippen LogP contribution in [0.2, 0.25) is 0 Å². The first-order chi connectivity index (χ1) is 22.6. The van der Waals surface area contributed by atoms with Gasteiger partial charge in [-0.15, -0.1) is 0 Å². The molecule has 46 heavy (non-hydrogen) atoms. The van der Waals surface area contributed by atoms with Gasteiger partial charge >= 0.3 is 0 Å². The van der Waals surface area contributed by atoms with Crippen molar-refractivity contribution in [1.82, 2.24) is 20.4 Å². The molecule has 4 aromatic carbocycles. The minimum atomic E-state index is -0.0157. The van der Waals surface area contributed by atoms with Gasteiger partial charge in [0.1, 0.15) is 0 Å². The van der Waals surface area contributed by atoms with E-state index in [4.69, 9.17) is 0 Å². The van der Waals surface area contributed by atoms with Crippen LogP contribution in [0.5, 0.6) is 0 Å². The Hall–Kier alpha value is -4.26. The monoisotopic (exact) mass is 614 g/mol. The maximum absolute atomic E-state index is 12.6. The molecule has 0 aromatic heterocycles. The average Bonchev–Trinajstić information content (AvgIpc) is 3.10. The summed E-state index contributed by atoms with van der Waals surface area (Å²) in [6.07, 6.45) is 6.08. The largest absolute Gasteiger partial charge is 0.352 e. The Morgan fingerprint density at radius 2 is 0.891 bits per heavy atom. The number of carbonyl (C=O) groups is 2. The maximum atomic E-state index is 12.6. The zero-order chi connectivity index (χ0) is 31.6. The number of carbonyl (C=O) groups excluding carboxylic acids is 2. The molecule has 0 spiro atoms. The van der Waals surface area contributed by atoms with Crippen molar-refractivity contribution in [3.05, 3.63) is 142 Å². The summed E-state index contributed by atoms with van der Waals surface area (Å²) in [6.45, 7) is 7.22. The molecule has 6 heteroatoms. The van der Waals surface area contributed by atoms with E-state index >= 15 is 0 Å². The van der Waals surface area contributed by atoms with E-state index in [2.05, 4.69) is 93.2 Å². The lowest BCUT2D eigenvalue weighted by atomic mass is 9.99. The van der Waals surface area contributed by atoms with Crippen LogP contribution in [0.15, 0.2) is 97.1 Å². The summed E-state index contributed by atoms with van der Waals surface area (Å²) in [6, 6.07) is 33.5. The van der Waals surface area contributed by atoms with Crippen LogP contribution in [-0.2, 0) is 39.0 Å². The summed E-state index contributed by atoms with van der Waals surface area (Å²) in [7, 11) is 0. The molecular weight excluding hydrogens is 568 g/mol. The highest BCUT2D eigenvalue weighted by Gasteiger charge is 2.17. The van der Waals surface area contributed by atoms with Crippen molar-refractivity contribution >= 4 is 11.8 Å². The van der Waals surface area contributed by atoms with E-state index < -0.39 is 0 Å². The van der Waals surface area contributed by atoms with Crippen LogP contribution in [-0.4, -0.2) is 47.8 Å². The SMILES string of the molecule is O=C(NCCCCCCNC(=O)c1ccc(CN2CCc3ccccc3C2)cc1)c1ccc(CN2CCc3ccccc3C2)cc1. The first-order valence-corrected chi connectivity index (χ1v) is 16.9. The Morgan fingerprint density at radius 3 is 1.30 bits per heavy atom. The second kappa shape index (κ2) is 15.8. The van der Waals surface area contributed by atoms with Gasteiger partial charge in [0.05, 0.1) is 0 Å². The molecule has 0 atom stereocenters. The fourth-order valence-corrected chi connectivity index (χ4v) is 6.63. The molecule has 0 unspecified atom stereocenters. The molecule has 0 saturated heterocycles. The van der Waals surface area contributed by atoms with Crippen LogP contribution in [0.1, 0.15) is 79.8 Å². The first kappa shape index (κ1) is 31.7. The van der Waals surface area contributed by atoms with Crippen molar-refractivity contribution in [3.8, 4) is 0 Å². The van der Waals surface area contributed by atoms with E-state index in [0.717, 1.165) is 77.8 Å². The van der Waals surface area contributed by atoms with Crippen molar-refractivity contribution in [2.75, 3.05) is 26.2 Å². The zero-order valence-corrected chi connectivity index (χ0v) is 26.8. The lowest BCUT2D eigenvalue weighted by Crippen LogP contribution is -2.30. The summed E-state index contributed by atoms with van der Waals surface area (Å²) in [5.41, 5.74) is 9.66. The minimum Gasteiger partial charge on any atom is -0.352 e. The van der Waals surface area contributed by atoms with Gasteiger partial charge in [-0.1, -0.05) is 85.6 Å². The zero-order valence-electron chi connectivity index (χ0n) is 26.8. The number of benzene rings is 4. The van der Waals surface area contributed by atoms with Crippen molar-refractivity contribution in [2.24, 2.45) is 0 Å². The van der Waals surface area contributed by atoms with Gasteiger partial charge in [0.25, 0.3) is 11.8 Å². The molecule has 0 fully saturated rings. The molecule has 6 rings (SSSR count). The van der Waals surface area contributed by atoms with Gasteiger partial charge < -0.3 is 10.6 Å². The highest BCUT2D eigenvalue weighted by molar-refractivity contribution is 5.94. The molecule has 2 aliphatic rings. The number of rotatable bonds is 13. The van der Waals surface area contributed by atoms with Gasteiger partial charge in [-0.25, -0.2) is 0 Å². The molecule has 0 saturated carbocycles. The van der Waals surface area contributed by atoms with Crippen LogP contribution < -0.4 is 10.6 Å². The van der Waals surface area contributed by atoms with E-state index in [-0.39, 0.29) is 11.8 Å². The van der Waals surface area contributed by atoms with Crippen molar-refractivity contribution in [2.45, 2.75) is 64.7 Å². The number of hydrogen-bond acceptors (Lipinski definition) is 4. The van der Waals surface area contributed by atoms with Gasteiger partial charge in [0, 0.05) is 63.5 Å². The van der Waals surface area contributed by atoms with E-state index in [9.17, 15) is 9.59 Å². The maximum Gasteiger partial charge on any atom is 0.251 e. The summed E-state index contributed by atoms with van der Waals surface area (Å²) in [4.78, 5) is 30.2. The molecular formula is C40H46N4O2. The third kappa shape index (κ3) is 8.71. The minimum absolute atomic E-state index is 0.0157. The fourth-order valence-electron chi connectivity index (χ4n) is 6.63. The van der Waals surface area contributed by atoms with E-state index in [1.54, 1.807) is 0 Å². The van der Waals surface area contributed by atoms with Crippen molar-refractivity contribution in [1.29, 1.82) is 0 Å². The number of amides is 2. The van der Waals surface area contributed by atoms with Crippen LogP contribution >= 0.6 is 0 Å². The Bertz CT molecular complexity index is 1480. The smallest absolute Gasteiger partial charge is 0.251 e. The van der Waals surface area contributed by atoms with Gasteiger partial charge in [0.15, 0.2) is 0 Å². The van der Waals surface area contributed by atoms with Crippen LogP contribution in [0.4, 0.5) is 0 Å². The average molecular weight is 615 g/mol. The molecule has 2 heterocycles. The molecule has 2 amide bonds. The molecule has 0 bridgehead atoms. The normalized spacial score (nSPS) is 14.7. The molecule has 0 aliphatic carbocycles. The van der Waals surface area contributed by atoms with Gasteiger partial charge in [-0.3, -0.25) is 19.4 Å². The summed E-state index contributed by atoms with van der Waals surface area (Å²) in [5.74, 6) is -0.0315. The van der Waals surface area contributed by atoms with E-state index in [0.29, 0.717) is 24.2 Å². The third-order valence-corrected chi connectivity index (χ3v) is 9.34. The Morgan fingerprint density at radius 1 is 0.500 bits per heavy atom. The Labute approximate surface area is 273 Å². The number of fused-ring (bicyclic) bond motifs is 2. The second-order valence-electron chi connectivity index (χ2n) is 12.8.